The topological polar surface area (TPSA) is 54.4 Å². The Morgan fingerprint density at radius 3 is 3.00 bits per heavy atom. The Labute approximate surface area is 149 Å². The van der Waals surface area contributed by atoms with Crippen molar-refractivity contribution >= 4 is 5.82 Å². The van der Waals surface area contributed by atoms with Gasteiger partial charge in [0.1, 0.15) is 5.82 Å². The number of aromatic nitrogens is 2. The fraction of sp³-hybridized carbons (Fsp3) is 0.526. The summed E-state index contributed by atoms with van der Waals surface area (Å²) in [6.07, 6.45) is 1.86. The highest BCUT2D eigenvalue weighted by Crippen LogP contribution is 2.16. The number of hydrogen-bond acceptors (Lipinski definition) is 5. The van der Waals surface area contributed by atoms with Crippen LogP contribution in [-0.4, -0.2) is 54.1 Å². The summed E-state index contributed by atoms with van der Waals surface area (Å²) in [5.74, 6) is 1.70. The lowest BCUT2D eigenvalue weighted by Gasteiger charge is -2.26. The van der Waals surface area contributed by atoms with E-state index in [1.165, 1.54) is 11.1 Å². The van der Waals surface area contributed by atoms with Crippen LogP contribution in [0, 0.1) is 5.92 Å². The highest BCUT2D eigenvalue weighted by molar-refractivity contribution is 5.35. The Morgan fingerprint density at radius 1 is 1.20 bits per heavy atom. The smallest absolute Gasteiger partial charge is 0.124 e. The molecule has 2 aromatic rings. The van der Waals surface area contributed by atoms with Crippen molar-refractivity contribution in [3.63, 3.8) is 0 Å². The van der Waals surface area contributed by atoms with Gasteiger partial charge in [0.15, 0.2) is 0 Å². The summed E-state index contributed by atoms with van der Waals surface area (Å²) in [5, 5.41) is 11.4. The predicted molar refractivity (Wildman–Crippen MR) is 98.5 cm³/mol. The lowest BCUT2D eigenvalue weighted by atomic mass is 10.1. The van der Waals surface area contributed by atoms with Crippen molar-refractivity contribution in [1.82, 2.24) is 20.0 Å². The van der Waals surface area contributed by atoms with Crippen LogP contribution in [0.25, 0.3) is 0 Å². The van der Waals surface area contributed by atoms with Crippen LogP contribution in [0.15, 0.2) is 36.5 Å². The fourth-order valence-corrected chi connectivity index (χ4v) is 3.60. The number of anilines is 1. The second-order valence-electron chi connectivity index (χ2n) is 6.98. The Morgan fingerprint density at radius 2 is 2.08 bits per heavy atom. The molecule has 0 spiro atoms. The van der Waals surface area contributed by atoms with Crippen molar-refractivity contribution < 1.29 is 4.74 Å². The summed E-state index contributed by atoms with van der Waals surface area (Å²) in [6.45, 7) is 8.71. The standard InChI is InChI=1S/C19H27N5O/c1-2-16(10-17(3-1)14-23-6-8-25-9-7-23)11-20-12-18-13-21-19-4-5-22-24(19)15-18/h1-5,10,18,20-21H,6-9,11-15H2. The largest absolute Gasteiger partial charge is 0.379 e. The average Bonchev–Trinajstić information content (AvgIpc) is 3.11. The number of nitrogens with one attached hydrogen (secondary N) is 2. The third-order valence-electron chi connectivity index (χ3n) is 4.98. The Balaban J connectivity index is 1.25. The molecule has 2 aliphatic heterocycles. The first-order chi connectivity index (χ1) is 12.4. The van der Waals surface area contributed by atoms with E-state index < -0.39 is 0 Å². The summed E-state index contributed by atoms with van der Waals surface area (Å²) >= 11 is 0. The van der Waals surface area contributed by atoms with Gasteiger partial charge >= 0.3 is 0 Å². The van der Waals surface area contributed by atoms with Crippen molar-refractivity contribution in [3.8, 4) is 0 Å². The van der Waals surface area contributed by atoms with E-state index in [0.717, 1.165) is 64.8 Å². The van der Waals surface area contributed by atoms with Crippen molar-refractivity contribution in [2.45, 2.75) is 19.6 Å². The second-order valence-corrected chi connectivity index (χ2v) is 6.98. The maximum absolute atomic E-state index is 5.43. The first kappa shape index (κ1) is 16.6. The van der Waals surface area contributed by atoms with Crippen LogP contribution in [-0.2, 0) is 24.4 Å². The molecule has 1 atom stereocenters. The van der Waals surface area contributed by atoms with Gasteiger partial charge in [-0.25, -0.2) is 4.68 Å². The predicted octanol–water partition coefficient (Wildman–Crippen LogP) is 1.55. The van der Waals surface area contributed by atoms with Gasteiger partial charge in [-0.1, -0.05) is 24.3 Å². The minimum atomic E-state index is 0.573. The van der Waals surface area contributed by atoms with Crippen LogP contribution < -0.4 is 10.6 Å². The molecule has 2 N–H and O–H groups in total. The Hall–Kier alpha value is -1.89. The zero-order valence-corrected chi connectivity index (χ0v) is 14.7. The summed E-state index contributed by atoms with van der Waals surface area (Å²) < 4.78 is 7.48. The maximum atomic E-state index is 5.43. The van der Waals surface area contributed by atoms with Crippen molar-refractivity contribution in [3.05, 3.63) is 47.7 Å². The third kappa shape index (κ3) is 4.39. The zero-order chi connectivity index (χ0) is 16.9. The van der Waals surface area contributed by atoms with Gasteiger partial charge in [0, 0.05) is 57.8 Å². The molecule has 1 aromatic carbocycles. The van der Waals surface area contributed by atoms with E-state index in [-0.39, 0.29) is 0 Å². The number of fused-ring (bicyclic) bond motifs is 1. The molecule has 2 aliphatic rings. The zero-order valence-electron chi connectivity index (χ0n) is 14.7. The number of hydrogen-bond donors (Lipinski definition) is 2. The molecule has 3 heterocycles. The van der Waals surface area contributed by atoms with E-state index in [1.54, 1.807) is 0 Å². The lowest BCUT2D eigenvalue weighted by Crippen LogP contribution is -2.35. The Kier molecular flexibility index (Phi) is 5.30. The van der Waals surface area contributed by atoms with Crippen LogP contribution in [0.5, 0.6) is 0 Å². The monoisotopic (exact) mass is 341 g/mol. The van der Waals surface area contributed by atoms with Crippen LogP contribution in [0.1, 0.15) is 11.1 Å². The molecule has 134 valence electrons. The summed E-state index contributed by atoms with van der Waals surface area (Å²) in [7, 11) is 0. The first-order valence-corrected chi connectivity index (χ1v) is 9.21. The third-order valence-corrected chi connectivity index (χ3v) is 4.98. The van der Waals surface area contributed by atoms with Crippen molar-refractivity contribution in [2.24, 2.45) is 5.92 Å². The van der Waals surface area contributed by atoms with Crippen molar-refractivity contribution in [1.29, 1.82) is 0 Å². The van der Waals surface area contributed by atoms with E-state index >= 15 is 0 Å². The van der Waals surface area contributed by atoms with Crippen molar-refractivity contribution in [2.75, 3.05) is 44.7 Å². The summed E-state index contributed by atoms with van der Waals surface area (Å²) in [6, 6.07) is 11.0. The molecule has 6 nitrogen and oxygen atoms in total. The molecular weight excluding hydrogens is 314 g/mol. The molecule has 25 heavy (non-hydrogen) atoms. The Bertz CT molecular complexity index is 680. The maximum Gasteiger partial charge on any atom is 0.124 e. The van der Waals surface area contributed by atoms with E-state index in [4.69, 9.17) is 4.74 Å². The molecule has 1 unspecified atom stereocenters. The highest BCUT2D eigenvalue weighted by atomic mass is 16.5. The van der Waals surface area contributed by atoms with Gasteiger partial charge in [0.2, 0.25) is 0 Å². The minimum absolute atomic E-state index is 0.573. The minimum Gasteiger partial charge on any atom is -0.379 e. The van der Waals surface area contributed by atoms with Gasteiger partial charge in [0.25, 0.3) is 0 Å². The lowest BCUT2D eigenvalue weighted by molar-refractivity contribution is 0.0342. The molecule has 6 heteroatoms. The molecule has 0 bridgehead atoms. The first-order valence-electron chi connectivity index (χ1n) is 9.21. The van der Waals surface area contributed by atoms with Crippen LogP contribution in [0.2, 0.25) is 0 Å². The van der Waals surface area contributed by atoms with E-state index in [9.17, 15) is 0 Å². The van der Waals surface area contributed by atoms with Gasteiger partial charge in [-0.3, -0.25) is 4.90 Å². The normalized spacial score (nSPS) is 20.9. The number of benzene rings is 1. The van der Waals surface area contributed by atoms with Crippen LogP contribution in [0.4, 0.5) is 5.82 Å². The number of ether oxygens (including phenoxy) is 1. The fourth-order valence-electron chi connectivity index (χ4n) is 3.60. The molecule has 0 saturated carbocycles. The van der Waals surface area contributed by atoms with Crippen LogP contribution >= 0.6 is 0 Å². The molecule has 0 aliphatic carbocycles. The number of morpholine rings is 1. The average molecular weight is 341 g/mol. The summed E-state index contributed by atoms with van der Waals surface area (Å²) in [5.41, 5.74) is 2.75. The highest BCUT2D eigenvalue weighted by Gasteiger charge is 2.17. The second kappa shape index (κ2) is 7.99. The van der Waals surface area contributed by atoms with Gasteiger partial charge in [-0.2, -0.15) is 5.10 Å². The SMILES string of the molecule is c1cc(CNCC2CNc3ccnn3C2)cc(CN2CCOCC2)c1. The molecule has 4 rings (SSSR count). The van der Waals surface area contributed by atoms with E-state index in [0.29, 0.717) is 5.92 Å². The quantitative estimate of drug-likeness (QED) is 0.835. The number of nitrogens with zero attached hydrogens (tertiary/aromatic N) is 3. The van der Waals surface area contributed by atoms with Gasteiger partial charge in [-0.05, 0) is 11.1 Å². The van der Waals surface area contributed by atoms with Gasteiger partial charge < -0.3 is 15.4 Å². The molecule has 1 aromatic heterocycles. The van der Waals surface area contributed by atoms with E-state index in [2.05, 4.69) is 49.6 Å². The van der Waals surface area contributed by atoms with E-state index in [1.807, 2.05) is 12.3 Å². The molecular formula is C19H27N5O. The molecule has 1 saturated heterocycles. The van der Waals surface area contributed by atoms with Crippen LogP contribution in [0.3, 0.4) is 0 Å². The number of rotatable bonds is 6. The van der Waals surface area contributed by atoms with Gasteiger partial charge in [0.05, 0.1) is 19.4 Å². The van der Waals surface area contributed by atoms with Gasteiger partial charge in [-0.15, -0.1) is 0 Å². The summed E-state index contributed by atoms with van der Waals surface area (Å²) in [4.78, 5) is 2.46. The molecule has 0 amide bonds. The molecule has 1 fully saturated rings. The molecule has 0 radical (unpaired) electrons.